The highest BCUT2D eigenvalue weighted by atomic mass is 16.5. The first-order valence-electron chi connectivity index (χ1n) is 2.36. The smallest absolute Gasteiger partial charge is 0.289 e. The maximum Gasteiger partial charge on any atom is 0.289 e. The molecule has 0 aliphatic rings. The fraction of sp³-hybridized carbons (Fsp3) is 0.167. The Hall–Kier alpha value is -1.05. The Bertz CT molecular complexity index is 168. The van der Waals surface area contributed by atoms with Gasteiger partial charge in [-0.1, -0.05) is 0 Å². The van der Waals surface area contributed by atoms with E-state index in [2.05, 4.69) is 6.20 Å². The zero-order valence-electron chi connectivity index (χ0n) is 4.59. The summed E-state index contributed by atoms with van der Waals surface area (Å²) in [6.45, 7) is 1.86. The molecule has 1 rings (SSSR count). The quantitative estimate of drug-likeness (QED) is 0.349. The molecule has 41 valence electrons. The van der Waals surface area contributed by atoms with Crippen LogP contribution in [0.5, 0.6) is 0 Å². The normalized spacial score (nSPS) is 9.12. The molecule has 0 unspecified atom stereocenters. The number of aryl methyl sites for hydroxylation is 1. The summed E-state index contributed by atoms with van der Waals surface area (Å²) >= 11 is 0. The van der Waals surface area contributed by atoms with E-state index >= 15 is 0 Å². The van der Waals surface area contributed by atoms with E-state index < -0.39 is 0 Å². The molecule has 1 heterocycles. The molecular formula is C6H6NO. The van der Waals surface area contributed by atoms with Gasteiger partial charge >= 0.3 is 0 Å². The predicted molar refractivity (Wildman–Crippen MR) is 29.0 cm³/mol. The summed E-state index contributed by atoms with van der Waals surface area (Å²) in [7, 11) is 0. The second-order valence-electron chi connectivity index (χ2n) is 1.66. The average molecular weight is 108 g/mol. The second-order valence-corrected chi connectivity index (χ2v) is 1.66. The lowest BCUT2D eigenvalue weighted by molar-refractivity contribution is -0.610. The van der Waals surface area contributed by atoms with Crippen molar-refractivity contribution >= 4 is 0 Å². The molecule has 0 saturated heterocycles. The SMILES string of the molecule is Cc1cc[c][n+]([O-])c1. The first kappa shape index (κ1) is 5.09. The zero-order valence-corrected chi connectivity index (χ0v) is 4.59. The van der Waals surface area contributed by atoms with Crippen LogP contribution in [-0.2, 0) is 0 Å². The molecule has 2 heteroatoms. The molecule has 2 nitrogen and oxygen atoms in total. The third-order valence-corrected chi connectivity index (χ3v) is 0.869. The van der Waals surface area contributed by atoms with E-state index in [1.54, 1.807) is 6.07 Å². The largest absolute Gasteiger partial charge is 0.618 e. The minimum atomic E-state index is 0.662. The minimum Gasteiger partial charge on any atom is -0.618 e. The Balaban J connectivity index is 3.08. The Labute approximate surface area is 48.0 Å². The van der Waals surface area contributed by atoms with Crippen molar-refractivity contribution in [3.05, 3.63) is 35.3 Å². The van der Waals surface area contributed by atoms with Gasteiger partial charge in [0.25, 0.3) is 6.20 Å². The Morgan fingerprint density at radius 1 is 1.75 bits per heavy atom. The van der Waals surface area contributed by atoms with Crippen LogP contribution in [0.3, 0.4) is 0 Å². The molecule has 0 bridgehead atoms. The fourth-order valence-corrected chi connectivity index (χ4v) is 0.507. The lowest BCUT2D eigenvalue weighted by Gasteiger charge is -1.91. The highest BCUT2D eigenvalue weighted by Gasteiger charge is 1.86. The molecule has 8 heavy (non-hydrogen) atoms. The van der Waals surface area contributed by atoms with Gasteiger partial charge in [0, 0.05) is 11.6 Å². The van der Waals surface area contributed by atoms with Crippen LogP contribution in [0.2, 0.25) is 0 Å². The van der Waals surface area contributed by atoms with Crippen LogP contribution in [0.15, 0.2) is 18.3 Å². The van der Waals surface area contributed by atoms with E-state index in [1.165, 1.54) is 6.20 Å². The topological polar surface area (TPSA) is 26.9 Å². The van der Waals surface area contributed by atoms with Gasteiger partial charge < -0.3 is 5.21 Å². The van der Waals surface area contributed by atoms with E-state index in [0.717, 1.165) is 5.56 Å². The first-order valence-corrected chi connectivity index (χ1v) is 2.36. The Kier molecular flexibility index (Phi) is 1.16. The number of pyridine rings is 1. The molecule has 0 N–H and O–H groups in total. The van der Waals surface area contributed by atoms with Crippen molar-refractivity contribution in [3.63, 3.8) is 0 Å². The van der Waals surface area contributed by atoms with Gasteiger partial charge in [-0.3, -0.25) is 0 Å². The van der Waals surface area contributed by atoms with Gasteiger partial charge in [-0.25, -0.2) is 0 Å². The van der Waals surface area contributed by atoms with Crippen molar-refractivity contribution in [1.29, 1.82) is 0 Å². The van der Waals surface area contributed by atoms with Crippen molar-refractivity contribution < 1.29 is 4.73 Å². The lowest BCUT2D eigenvalue weighted by Crippen LogP contribution is -2.24. The zero-order chi connectivity index (χ0) is 5.98. The van der Waals surface area contributed by atoms with Crippen molar-refractivity contribution in [2.24, 2.45) is 0 Å². The maximum absolute atomic E-state index is 10.4. The summed E-state index contributed by atoms with van der Waals surface area (Å²) in [5.74, 6) is 0. The third-order valence-electron chi connectivity index (χ3n) is 0.869. The fourth-order valence-electron chi connectivity index (χ4n) is 0.507. The van der Waals surface area contributed by atoms with Crippen LogP contribution in [0.1, 0.15) is 5.56 Å². The van der Waals surface area contributed by atoms with Gasteiger partial charge in [0.05, 0.1) is 0 Å². The monoisotopic (exact) mass is 108 g/mol. The van der Waals surface area contributed by atoms with Gasteiger partial charge in [0.2, 0.25) is 0 Å². The summed E-state index contributed by atoms with van der Waals surface area (Å²) in [5.41, 5.74) is 0.957. The van der Waals surface area contributed by atoms with Crippen LogP contribution in [0.4, 0.5) is 0 Å². The van der Waals surface area contributed by atoms with Crippen molar-refractivity contribution in [1.82, 2.24) is 0 Å². The first-order chi connectivity index (χ1) is 3.79. The van der Waals surface area contributed by atoms with Gasteiger partial charge in [-0.15, -0.1) is 0 Å². The highest BCUT2D eigenvalue weighted by molar-refractivity contribution is 5.00. The van der Waals surface area contributed by atoms with Gasteiger partial charge in [0.1, 0.15) is 0 Å². The molecule has 0 fully saturated rings. The number of aromatic nitrogens is 1. The van der Waals surface area contributed by atoms with E-state index in [-0.39, 0.29) is 0 Å². The summed E-state index contributed by atoms with van der Waals surface area (Å²) in [6, 6.07) is 3.43. The Morgan fingerprint density at radius 2 is 2.50 bits per heavy atom. The van der Waals surface area contributed by atoms with Gasteiger partial charge in [-0.2, -0.15) is 4.73 Å². The second kappa shape index (κ2) is 1.82. The molecular weight excluding hydrogens is 102 g/mol. The van der Waals surface area contributed by atoms with E-state index in [1.807, 2.05) is 13.0 Å². The van der Waals surface area contributed by atoms with Crippen LogP contribution in [0, 0.1) is 18.3 Å². The summed E-state index contributed by atoms with van der Waals surface area (Å²) in [4.78, 5) is 0. The molecule has 0 aliphatic heterocycles. The van der Waals surface area contributed by atoms with Crippen LogP contribution in [-0.4, -0.2) is 0 Å². The number of nitrogens with zero attached hydrogens (tertiary/aromatic N) is 1. The molecule has 1 radical (unpaired) electrons. The maximum atomic E-state index is 10.4. The Morgan fingerprint density at radius 3 is 2.88 bits per heavy atom. The van der Waals surface area contributed by atoms with E-state index in [0.29, 0.717) is 4.73 Å². The van der Waals surface area contributed by atoms with Crippen molar-refractivity contribution in [2.45, 2.75) is 6.92 Å². The predicted octanol–water partition coefficient (Wildman–Crippen LogP) is 0.429. The molecule has 1 aromatic rings. The molecule has 0 amide bonds. The molecule has 0 atom stereocenters. The van der Waals surface area contributed by atoms with Crippen LogP contribution >= 0.6 is 0 Å². The lowest BCUT2D eigenvalue weighted by atomic mass is 10.3. The van der Waals surface area contributed by atoms with Crippen molar-refractivity contribution in [2.75, 3.05) is 0 Å². The van der Waals surface area contributed by atoms with Gasteiger partial charge in [0.15, 0.2) is 6.20 Å². The molecule has 0 saturated carbocycles. The molecule has 1 aromatic heterocycles. The summed E-state index contributed by atoms with van der Waals surface area (Å²) < 4.78 is 0.662. The summed E-state index contributed by atoms with van der Waals surface area (Å²) in [5, 5.41) is 10.4. The van der Waals surface area contributed by atoms with Crippen LogP contribution in [0.25, 0.3) is 0 Å². The number of hydrogen-bond acceptors (Lipinski definition) is 1. The van der Waals surface area contributed by atoms with Gasteiger partial charge in [-0.05, 0) is 13.0 Å². The highest BCUT2D eigenvalue weighted by Crippen LogP contribution is 1.86. The number of hydrogen-bond donors (Lipinski definition) is 0. The van der Waals surface area contributed by atoms with E-state index in [9.17, 15) is 5.21 Å². The number of rotatable bonds is 0. The minimum absolute atomic E-state index is 0.662. The average Bonchev–Trinajstić information content (AvgIpc) is 1.64. The molecule has 0 aromatic carbocycles. The summed E-state index contributed by atoms with van der Waals surface area (Å²) in [6.07, 6.45) is 3.91. The molecule has 0 aliphatic carbocycles. The standard InChI is InChI=1S/C6H6NO/c1-6-3-2-4-7(8)5-6/h2-3,5H,1H3. The van der Waals surface area contributed by atoms with Crippen LogP contribution < -0.4 is 4.73 Å². The third kappa shape index (κ3) is 0.964. The van der Waals surface area contributed by atoms with Crippen molar-refractivity contribution in [3.8, 4) is 0 Å². The van der Waals surface area contributed by atoms with E-state index in [4.69, 9.17) is 0 Å². The molecule has 0 spiro atoms.